The lowest BCUT2D eigenvalue weighted by atomic mass is 10.1. The minimum atomic E-state index is -1.02. The molecule has 3 unspecified atom stereocenters. The zero-order valence-corrected chi connectivity index (χ0v) is 16.4. The van der Waals surface area contributed by atoms with Gasteiger partial charge in [0.1, 0.15) is 12.4 Å². The molecule has 152 valence electrons. The predicted octanol–water partition coefficient (Wildman–Crippen LogP) is 3.07. The molecule has 2 aromatic carbocycles. The number of nitrogens with zero attached hydrogens (tertiary/aromatic N) is 1. The largest absolute Gasteiger partial charge is 0.489 e. The van der Waals surface area contributed by atoms with Gasteiger partial charge in [-0.05, 0) is 42.5 Å². The summed E-state index contributed by atoms with van der Waals surface area (Å²) in [5, 5.41) is 9.21. The van der Waals surface area contributed by atoms with Gasteiger partial charge in [0.2, 0.25) is 5.91 Å². The molecular formula is C23H25NO5. The van der Waals surface area contributed by atoms with Gasteiger partial charge in [-0.2, -0.15) is 0 Å². The Bertz CT molecular complexity index is 867. The number of hydrogen-bond acceptors (Lipinski definition) is 4. The molecule has 2 aliphatic rings. The summed E-state index contributed by atoms with van der Waals surface area (Å²) < 4.78 is 11.2. The molecule has 0 aromatic heterocycles. The van der Waals surface area contributed by atoms with Gasteiger partial charge in [-0.1, -0.05) is 42.5 Å². The quantitative estimate of drug-likeness (QED) is 0.814. The van der Waals surface area contributed by atoms with Crippen molar-refractivity contribution in [3.63, 3.8) is 0 Å². The summed E-state index contributed by atoms with van der Waals surface area (Å²) in [7, 11) is 0. The van der Waals surface area contributed by atoms with Gasteiger partial charge in [-0.15, -0.1) is 0 Å². The Morgan fingerprint density at radius 1 is 1.10 bits per heavy atom. The zero-order chi connectivity index (χ0) is 20.4. The van der Waals surface area contributed by atoms with Crippen LogP contribution in [0, 0.1) is 5.92 Å². The number of amides is 1. The molecule has 6 heteroatoms. The molecule has 1 amide bonds. The normalized spacial score (nSPS) is 26.0. The maximum atomic E-state index is 12.8. The minimum Gasteiger partial charge on any atom is -0.489 e. The highest BCUT2D eigenvalue weighted by Gasteiger charge is 2.47. The van der Waals surface area contributed by atoms with Crippen LogP contribution in [0.1, 0.15) is 30.4 Å². The topological polar surface area (TPSA) is 76.1 Å². The molecule has 0 spiro atoms. The van der Waals surface area contributed by atoms with Gasteiger partial charge < -0.3 is 19.5 Å². The standard InChI is InChI=1S/C23H25NO5/c1-15-12-24(13-21(29-15)23(26)27)22(25)20-11-19(20)17-7-9-18(10-8-17)28-14-16-5-3-2-4-6-16/h2-10,15,19-21H,11-14H2,1H3,(H,26,27)/t15-,19?,20?,21?/m1/s1. The first kappa shape index (κ1) is 19.5. The van der Waals surface area contributed by atoms with Crippen LogP contribution in [0.5, 0.6) is 5.75 Å². The first-order chi connectivity index (χ1) is 14.0. The maximum Gasteiger partial charge on any atom is 0.334 e. The lowest BCUT2D eigenvalue weighted by Gasteiger charge is -2.35. The summed E-state index contributed by atoms with van der Waals surface area (Å²) in [6, 6.07) is 17.9. The Morgan fingerprint density at radius 3 is 2.52 bits per heavy atom. The maximum absolute atomic E-state index is 12.8. The van der Waals surface area contributed by atoms with E-state index in [1.165, 1.54) is 0 Å². The lowest BCUT2D eigenvalue weighted by molar-refractivity contribution is -0.167. The second-order valence-corrected chi connectivity index (χ2v) is 7.81. The highest BCUT2D eigenvalue weighted by molar-refractivity contribution is 5.84. The minimum absolute atomic E-state index is 0.0285. The fraction of sp³-hybridized carbons (Fsp3) is 0.391. The number of morpholine rings is 1. The third kappa shape index (κ3) is 4.59. The Morgan fingerprint density at radius 2 is 1.83 bits per heavy atom. The monoisotopic (exact) mass is 395 g/mol. The number of aliphatic carboxylic acids is 1. The van der Waals surface area contributed by atoms with Crippen LogP contribution in [-0.4, -0.2) is 47.2 Å². The summed E-state index contributed by atoms with van der Waals surface area (Å²) in [4.78, 5) is 25.7. The average Bonchev–Trinajstić information content (AvgIpc) is 3.53. The molecule has 0 bridgehead atoms. The van der Waals surface area contributed by atoms with Crippen molar-refractivity contribution in [3.8, 4) is 5.75 Å². The van der Waals surface area contributed by atoms with E-state index >= 15 is 0 Å². The lowest BCUT2D eigenvalue weighted by Crippen LogP contribution is -2.52. The van der Waals surface area contributed by atoms with Crippen LogP contribution in [0.2, 0.25) is 0 Å². The zero-order valence-electron chi connectivity index (χ0n) is 16.4. The van der Waals surface area contributed by atoms with E-state index in [1.54, 1.807) is 11.8 Å². The van der Waals surface area contributed by atoms with Crippen molar-refractivity contribution in [1.29, 1.82) is 0 Å². The van der Waals surface area contributed by atoms with Gasteiger partial charge in [-0.3, -0.25) is 4.79 Å². The van der Waals surface area contributed by atoms with E-state index in [-0.39, 0.29) is 30.4 Å². The number of ether oxygens (including phenoxy) is 2. The molecule has 1 saturated carbocycles. The Labute approximate surface area is 170 Å². The molecule has 2 fully saturated rings. The van der Waals surface area contributed by atoms with E-state index in [9.17, 15) is 14.7 Å². The molecule has 1 aliphatic heterocycles. The molecule has 4 atom stereocenters. The van der Waals surface area contributed by atoms with Crippen molar-refractivity contribution in [2.24, 2.45) is 5.92 Å². The van der Waals surface area contributed by atoms with Crippen LogP contribution >= 0.6 is 0 Å². The molecule has 1 aliphatic carbocycles. The molecule has 4 rings (SSSR count). The van der Waals surface area contributed by atoms with Crippen LogP contribution in [-0.2, 0) is 20.9 Å². The summed E-state index contributed by atoms with van der Waals surface area (Å²) in [6.07, 6.45) is -0.417. The second-order valence-electron chi connectivity index (χ2n) is 7.81. The van der Waals surface area contributed by atoms with Crippen molar-refractivity contribution in [1.82, 2.24) is 4.90 Å². The average molecular weight is 395 g/mol. The number of benzene rings is 2. The third-order valence-electron chi connectivity index (χ3n) is 5.51. The first-order valence-electron chi connectivity index (χ1n) is 9.95. The van der Waals surface area contributed by atoms with Gasteiger partial charge in [0.05, 0.1) is 12.6 Å². The van der Waals surface area contributed by atoms with E-state index in [1.807, 2.05) is 54.6 Å². The van der Waals surface area contributed by atoms with E-state index in [4.69, 9.17) is 9.47 Å². The molecule has 2 aromatic rings. The number of carbonyl (C=O) groups is 2. The number of carbonyl (C=O) groups excluding carboxylic acids is 1. The number of hydrogen-bond donors (Lipinski definition) is 1. The van der Waals surface area contributed by atoms with Gasteiger partial charge in [-0.25, -0.2) is 4.79 Å². The highest BCUT2D eigenvalue weighted by Crippen LogP contribution is 2.49. The van der Waals surface area contributed by atoms with Crippen LogP contribution in [0.3, 0.4) is 0 Å². The summed E-state index contributed by atoms with van der Waals surface area (Å²) in [6.45, 7) is 2.88. The van der Waals surface area contributed by atoms with Gasteiger partial charge in [0, 0.05) is 12.5 Å². The molecule has 1 N–H and O–H groups in total. The number of carboxylic acid groups (broad SMARTS) is 1. The fourth-order valence-electron chi connectivity index (χ4n) is 3.89. The molecule has 1 heterocycles. The van der Waals surface area contributed by atoms with Gasteiger partial charge in [0.15, 0.2) is 6.10 Å². The van der Waals surface area contributed by atoms with E-state index in [2.05, 4.69) is 0 Å². The first-order valence-corrected chi connectivity index (χ1v) is 9.95. The second kappa shape index (κ2) is 8.25. The summed E-state index contributed by atoms with van der Waals surface area (Å²) in [5.74, 6) is -0.0843. The SMILES string of the molecule is C[C@@H]1CN(C(=O)C2CC2c2ccc(OCc3ccccc3)cc2)CC(C(=O)O)O1. The van der Waals surface area contributed by atoms with Gasteiger partial charge >= 0.3 is 5.97 Å². The van der Waals surface area contributed by atoms with E-state index in [0.29, 0.717) is 13.2 Å². The molecule has 0 radical (unpaired) electrons. The van der Waals surface area contributed by atoms with Crippen LogP contribution in [0.15, 0.2) is 54.6 Å². The van der Waals surface area contributed by atoms with E-state index < -0.39 is 12.1 Å². The molecular weight excluding hydrogens is 370 g/mol. The predicted molar refractivity (Wildman–Crippen MR) is 107 cm³/mol. The Balaban J connectivity index is 1.32. The fourth-order valence-corrected chi connectivity index (χ4v) is 3.89. The van der Waals surface area contributed by atoms with Crippen LogP contribution in [0.4, 0.5) is 0 Å². The van der Waals surface area contributed by atoms with Gasteiger partial charge in [0.25, 0.3) is 0 Å². The van der Waals surface area contributed by atoms with Crippen LogP contribution in [0.25, 0.3) is 0 Å². The smallest absolute Gasteiger partial charge is 0.334 e. The number of rotatable bonds is 6. The third-order valence-corrected chi connectivity index (χ3v) is 5.51. The van der Waals surface area contributed by atoms with Crippen molar-refractivity contribution in [3.05, 3.63) is 65.7 Å². The van der Waals surface area contributed by atoms with Crippen molar-refractivity contribution in [2.45, 2.75) is 38.1 Å². The highest BCUT2D eigenvalue weighted by atomic mass is 16.5. The molecule has 29 heavy (non-hydrogen) atoms. The van der Waals surface area contributed by atoms with Crippen molar-refractivity contribution >= 4 is 11.9 Å². The molecule has 1 saturated heterocycles. The summed E-state index contributed by atoms with van der Waals surface area (Å²) >= 11 is 0. The molecule has 6 nitrogen and oxygen atoms in total. The van der Waals surface area contributed by atoms with Crippen molar-refractivity contribution in [2.75, 3.05) is 13.1 Å². The summed E-state index contributed by atoms with van der Waals surface area (Å²) in [5.41, 5.74) is 2.23. The Kier molecular flexibility index (Phi) is 5.53. The van der Waals surface area contributed by atoms with Crippen molar-refractivity contribution < 1.29 is 24.2 Å². The number of carboxylic acids is 1. The van der Waals surface area contributed by atoms with Crippen LogP contribution < -0.4 is 4.74 Å². The van der Waals surface area contributed by atoms with E-state index in [0.717, 1.165) is 23.3 Å². The Hall–Kier alpha value is -2.86.